The van der Waals surface area contributed by atoms with Gasteiger partial charge in [-0.2, -0.15) is 0 Å². The lowest BCUT2D eigenvalue weighted by molar-refractivity contribution is 0.267. The number of likely N-dealkylation sites (tertiary alicyclic amines) is 1. The van der Waals surface area contributed by atoms with E-state index in [2.05, 4.69) is 22.1 Å². The summed E-state index contributed by atoms with van der Waals surface area (Å²) in [6.07, 6.45) is 4.17. The number of hydrogen-bond acceptors (Lipinski definition) is 3. The molecule has 1 aliphatic rings. The highest BCUT2D eigenvalue weighted by Gasteiger charge is 2.22. The van der Waals surface area contributed by atoms with E-state index in [9.17, 15) is 4.21 Å². The van der Waals surface area contributed by atoms with Crippen LogP contribution in [0.5, 0.6) is 0 Å². The SMILES string of the molecule is CCN1CCCC1CNC(N)=NCc1ccc(S(C)=O)cc1. The zero-order valence-corrected chi connectivity index (χ0v) is 14.2. The predicted molar refractivity (Wildman–Crippen MR) is 92.4 cm³/mol. The predicted octanol–water partition coefficient (Wildman–Crippen LogP) is 1.31. The van der Waals surface area contributed by atoms with Crippen LogP contribution < -0.4 is 11.1 Å². The van der Waals surface area contributed by atoms with Gasteiger partial charge in [0.05, 0.1) is 6.54 Å². The fraction of sp³-hybridized carbons (Fsp3) is 0.562. The molecule has 0 saturated carbocycles. The van der Waals surface area contributed by atoms with Crippen molar-refractivity contribution in [1.82, 2.24) is 10.2 Å². The van der Waals surface area contributed by atoms with Crippen molar-refractivity contribution in [3.05, 3.63) is 29.8 Å². The smallest absolute Gasteiger partial charge is 0.188 e. The van der Waals surface area contributed by atoms with Gasteiger partial charge >= 0.3 is 0 Å². The Labute approximate surface area is 135 Å². The molecule has 0 aromatic heterocycles. The zero-order valence-electron chi connectivity index (χ0n) is 13.4. The first kappa shape index (κ1) is 17.0. The number of hydrogen-bond donors (Lipinski definition) is 2. The highest BCUT2D eigenvalue weighted by atomic mass is 32.2. The first-order valence-corrected chi connectivity index (χ1v) is 9.36. The summed E-state index contributed by atoms with van der Waals surface area (Å²) in [4.78, 5) is 7.68. The van der Waals surface area contributed by atoms with Gasteiger partial charge in [0.1, 0.15) is 0 Å². The molecule has 0 bridgehead atoms. The molecular formula is C16H26N4OS. The molecule has 1 aromatic rings. The molecule has 2 atom stereocenters. The summed E-state index contributed by atoms with van der Waals surface area (Å²) >= 11 is 0. The van der Waals surface area contributed by atoms with Crippen LogP contribution in [0.15, 0.2) is 34.2 Å². The Hall–Kier alpha value is -1.40. The fourth-order valence-electron chi connectivity index (χ4n) is 2.78. The second-order valence-electron chi connectivity index (χ2n) is 5.61. The number of nitrogens with one attached hydrogen (secondary N) is 1. The van der Waals surface area contributed by atoms with Gasteiger partial charge in [-0.15, -0.1) is 0 Å². The second kappa shape index (κ2) is 8.29. The topological polar surface area (TPSA) is 70.7 Å². The van der Waals surface area contributed by atoms with Crippen molar-refractivity contribution in [2.24, 2.45) is 10.7 Å². The third kappa shape index (κ3) is 4.81. The van der Waals surface area contributed by atoms with Crippen LogP contribution in [0, 0.1) is 0 Å². The van der Waals surface area contributed by atoms with Crippen molar-refractivity contribution in [2.45, 2.75) is 37.2 Å². The van der Waals surface area contributed by atoms with E-state index in [0.717, 1.165) is 23.5 Å². The molecule has 5 nitrogen and oxygen atoms in total. The summed E-state index contributed by atoms with van der Waals surface area (Å²) in [5, 5.41) is 3.23. The molecule has 6 heteroatoms. The maximum Gasteiger partial charge on any atom is 0.188 e. The average Bonchev–Trinajstić information content (AvgIpc) is 2.98. The zero-order chi connectivity index (χ0) is 15.9. The summed E-state index contributed by atoms with van der Waals surface area (Å²) < 4.78 is 11.3. The summed E-state index contributed by atoms with van der Waals surface area (Å²) in [7, 11) is -0.937. The largest absolute Gasteiger partial charge is 0.370 e. The fourth-order valence-corrected chi connectivity index (χ4v) is 3.30. The minimum atomic E-state index is -0.937. The van der Waals surface area contributed by atoms with Crippen LogP contribution >= 0.6 is 0 Å². The van der Waals surface area contributed by atoms with Gasteiger partial charge in [-0.25, -0.2) is 4.99 Å². The summed E-state index contributed by atoms with van der Waals surface area (Å²) in [5.74, 6) is 0.492. The molecule has 22 heavy (non-hydrogen) atoms. The monoisotopic (exact) mass is 322 g/mol. The van der Waals surface area contributed by atoms with Gasteiger partial charge in [-0.05, 0) is 43.6 Å². The van der Waals surface area contributed by atoms with Crippen molar-refractivity contribution in [1.29, 1.82) is 0 Å². The Bertz CT molecular complexity index is 529. The number of rotatable bonds is 6. The average molecular weight is 322 g/mol. The van der Waals surface area contributed by atoms with E-state index in [1.54, 1.807) is 6.26 Å². The number of likely N-dealkylation sites (N-methyl/N-ethyl adjacent to an activating group) is 1. The quantitative estimate of drug-likeness (QED) is 0.612. The van der Waals surface area contributed by atoms with Crippen molar-refractivity contribution in [3.8, 4) is 0 Å². The molecule has 3 N–H and O–H groups in total. The summed E-state index contributed by atoms with van der Waals surface area (Å²) in [6, 6.07) is 8.22. The molecule has 0 radical (unpaired) electrons. The number of nitrogens with zero attached hydrogens (tertiary/aromatic N) is 2. The van der Waals surface area contributed by atoms with Crippen molar-refractivity contribution >= 4 is 16.8 Å². The molecule has 1 aromatic carbocycles. The van der Waals surface area contributed by atoms with Crippen LogP contribution in [0.1, 0.15) is 25.3 Å². The lowest BCUT2D eigenvalue weighted by atomic mass is 10.2. The highest BCUT2D eigenvalue weighted by Crippen LogP contribution is 2.15. The molecule has 1 saturated heterocycles. The molecule has 1 fully saturated rings. The van der Waals surface area contributed by atoms with Crippen LogP contribution in [0.4, 0.5) is 0 Å². The van der Waals surface area contributed by atoms with E-state index in [0.29, 0.717) is 18.5 Å². The van der Waals surface area contributed by atoms with Gasteiger partial charge in [0.2, 0.25) is 0 Å². The number of guanidine groups is 1. The molecule has 0 aliphatic carbocycles. The van der Waals surface area contributed by atoms with Gasteiger partial charge in [-0.1, -0.05) is 19.1 Å². The second-order valence-corrected chi connectivity index (χ2v) is 6.98. The molecule has 1 aliphatic heterocycles. The number of nitrogens with two attached hydrogens (primary N) is 1. The third-order valence-electron chi connectivity index (χ3n) is 4.11. The van der Waals surface area contributed by atoms with Gasteiger partial charge in [0.25, 0.3) is 0 Å². The lowest BCUT2D eigenvalue weighted by Gasteiger charge is -2.23. The Balaban J connectivity index is 1.80. The maximum absolute atomic E-state index is 11.3. The van der Waals surface area contributed by atoms with E-state index >= 15 is 0 Å². The van der Waals surface area contributed by atoms with Crippen LogP contribution in [0.2, 0.25) is 0 Å². The Morgan fingerprint density at radius 1 is 1.45 bits per heavy atom. The third-order valence-corrected chi connectivity index (χ3v) is 5.05. The Morgan fingerprint density at radius 2 is 2.18 bits per heavy atom. The summed E-state index contributed by atoms with van der Waals surface area (Å²) in [5.41, 5.74) is 7.00. The molecular weight excluding hydrogens is 296 g/mol. The number of aliphatic imine (C=N–C) groups is 1. The first-order chi connectivity index (χ1) is 10.6. The normalized spacial score (nSPS) is 21.0. The lowest BCUT2D eigenvalue weighted by Crippen LogP contribution is -2.42. The molecule has 122 valence electrons. The van der Waals surface area contributed by atoms with Crippen LogP contribution in [0.3, 0.4) is 0 Å². The van der Waals surface area contributed by atoms with Crippen LogP contribution in [-0.2, 0) is 17.3 Å². The Kier molecular flexibility index (Phi) is 6.39. The van der Waals surface area contributed by atoms with Crippen molar-refractivity contribution in [3.63, 3.8) is 0 Å². The van der Waals surface area contributed by atoms with Crippen molar-refractivity contribution in [2.75, 3.05) is 25.9 Å². The van der Waals surface area contributed by atoms with Gasteiger partial charge in [-0.3, -0.25) is 9.11 Å². The summed E-state index contributed by atoms with van der Waals surface area (Å²) in [6.45, 7) is 5.87. The van der Waals surface area contributed by atoms with Gasteiger partial charge < -0.3 is 11.1 Å². The van der Waals surface area contributed by atoms with E-state index in [1.807, 2.05) is 24.3 Å². The minimum absolute atomic E-state index is 0.492. The maximum atomic E-state index is 11.3. The van der Waals surface area contributed by atoms with Crippen LogP contribution in [-0.4, -0.2) is 47.0 Å². The van der Waals surface area contributed by atoms with E-state index in [4.69, 9.17) is 5.73 Å². The van der Waals surface area contributed by atoms with Gasteiger partial charge in [0.15, 0.2) is 5.96 Å². The molecule has 2 unspecified atom stereocenters. The van der Waals surface area contributed by atoms with E-state index in [-0.39, 0.29) is 0 Å². The highest BCUT2D eigenvalue weighted by molar-refractivity contribution is 7.84. The first-order valence-electron chi connectivity index (χ1n) is 7.80. The number of benzene rings is 1. The van der Waals surface area contributed by atoms with E-state index in [1.165, 1.54) is 19.4 Å². The van der Waals surface area contributed by atoms with Crippen molar-refractivity contribution < 1.29 is 4.21 Å². The Morgan fingerprint density at radius 3 is 2.82 bits per heavy atom. The molecule has 2 rings (SSSR count). The molecule has 0 spiro atoms. The van der Waals surface area contributed by atoms with Gasteiger partial charge in [0, 0.05) is 34.5 Å². The standard InChI is InChI=1S/C16H26N4OS/c1-3-20-10-4-5-14(20)12-19-16(17)18-11-13-6-8-15(9-7-13)22(2)21/h6-9,14H,3-5,10-12H2,1-2H3,(H3,17,18,19). The van der Waals surface area contributed by atoms with Crippen LogP contribution in [0.25, 0.3) is 0 Å². The molecule has 0 amide bonds. The van der Waals surface area contributed by atoms with E-state index < -0.39 is 10.8 Å². The minimum Gasteiger partial charge on any atom is -0.370 e. The molecule has 1 heterocycles.